The number of nitrogens with zero attached hydrogens (tertiary/aromatic N) is 1. The van der Waals surface area contributed by atoms with Crippen LogP contribution in [0, 0.1) is 0 Å². The second kappa shape index (κ2) is 10.4. The van der Waals surface area contributed by atoms with Crippen LogP contribution in [0.1, 0.15) is 0 Å². The summed E-state index contributed by atoms with van der Waals surface area (Å²) in [5.41, 5.74) is 1.34. The summed E-state index contributed by atoms with van der Waals surface area (Å²) in [7, 11) is 0. The number of allylic oxidation sites excluding steroid dienone is 1. The normalized spacial score (nSPS) is 19.2. The highest BCUT2D eigenvalue weighted by Crippen LogP contribution is 2.40. The van der Waals surface area contributed by atoms with E-state index in [1.54, 1.807) is 11.3 Å². The van der Waals surface area contributed by atoms with Gasteiger partial charge in [-0.15, -0.1) is 23.1 Å². The number of halogens is 3. The van der Waals surface area contributed by atoms with Crippen molar-refractivity contribution >= 4 is 62.6 Å². The van der Waals surface area contributed by atoms with Gasteiger partial charge < -0.3 is 20.8 Å². The number of alkyl halides is 3. The topological polar surface area (TPSA) is 136 Å². The Morgan fingerprint density at radius 1 is 1.23 bits per heavy atom. The van der Waals surface area contributed by atoms with Gasteiger partial charge in [-0.25, -0.2) is 9.59 Å². The third-order valence-electron chi connectivity index (χ3n) is 4.93. The Bertz CT molecular complexity index is 1230. The minimum absolute atomic E-state index is 0.0292. The molecule has 1 fully saturated rings. The predicted molar refractivity (Wildman–Crippen MR) is 124 cm³/mol. The summed E-state index contributed by atoms with van der Waals surface area (Å²) in [5.74, 6) is -4.21. The van der Waals surface area contributed by atoms with Gasteiger partial charge in [0.2, 0.25) is 5.91 Å². The van der Waals surface area contributed by atoms with Crippen molar-refractivity contribution in [2.24, 2.45) is 0 Å². The molecule has 2 aliphatic rings. The van der Waals surface area contributed by atoms with Gasteiger partial charge in [0.25, 0.3) is 5.91 Å². The average molecular weight is 530 g/mol. The van der Waals surface area contributed by atoms with E-state index in [9.17, 15) is 32.7 Å². The standard InChI is InChI=1S/C19H17N3O4S2.C2HF3O2/c1-2-10-8-28-18-15(17(24)22(18)16(10)19(25)26)21-14(23)7-20-12-9-27-13-6-4-3-5-11(12)13;3-2(4,5)1(6)7/h2-6,9,15,18,20H,1,7-8H2,(H,21,23)(H,25,26);(H,6,7)/t15?,18-;/m0./s1. The summed E-state index contributed by atoms with van der Waals surface area (Å²) in [4.78, 5) is 46.5. The highest BCUT2D eigenvalue weighted by molar-refractivity contribution is 8.00. The molecule has 35 heavy (non-hydrogen) atoms. The fourth-order valence-corrected chi connectivity index (χ4v) is 5.57. The summed E-state index contributed by atoms with van der Waals surface area (Å²) in [6.07, 6.45) is -3.62. The van der Waals surface area contributed by atoms with Crippen molar-refractivity contribution in [2.75, 3.05) is 17.6 Å². The van der Waals surface area contributed by atoms with Crippen LogP contribution >= 0.6 is 23.1 Å². The number of anilines is 1. The van der Waals surface area contributed by atoms with Crippen LogP contribution < -0.4 is 10.6 Å². The van der Waals surface area contributed by atoms with E-state index in [4.69, 9.17) is 9.90 Å². The average Bonchev–Trinajstić information content (AvgIpc) is 3.23. The number of β-lactam (4-membered cyclic amide) rings is 1. The number of amides is 2. The first-order valence-corrected chi connectivity index (χ1v) is 11.7. The Balaban J connectivity index is 0.000000429. The number of thiophene rings is 1. The maximum atomic E-state index is 12.5. The molecule has 1 aromatic carbocycles. The molecule has 2 aromatic rings. The molecule has 0 bridgehead atoms. The van der Waals surface area contributed by atoms with Crippen LogP contribution in [0.2, 0.25) is 0 Å². The number of carbonyl (C=O) groups is 4. The largest absolute Gasteiger partial charge is 0.490 e. The number of hydrogen-bond acceptors (Lipinski definition) is 7. The Morgan fingerprint density at radius 2 is 1.89 bits per heavy atom. The quantitative estimate of drug-likeness (QED) is 0.420. The van der Waals surface area contributed by atoms with Crippen LogP contribution in [-0.2, 0) is 19.2 Å². The van der Waals surface area contributed by atoms with Crippen molar-refractivity contribution in [2.45, 2.75) is 17.6 Å². The van der Waals surface area contributed by atoms with Gasteiger partial charge in [-0.2, -0.15) is 13.2 Å². The van der Waals surface area contributed by atoms with E-state index in [0.717, 1.165) is 15.8 Å². The predicted octanol–water partition coefficient (Wildman–Crippen LogP) is 2.87. The number of thioether (sulfide) groups is 1. The molecule has 2 amide bonds. The molecule has 0 radical (unpaired) electrons. The van der Waals surface area contributed by atoms with Gasteiger partial charge in [0.05, 0.1) is 12.2 Å². The Morgan fingerprint density at radius 3 is 2.49 bits per heavy atom. The number of nitrogens with one attached hydrogen (secondary N) is 2. The molecule has 4 rings (SSSR count). The summed E-state index contributed by atoms with van der Waals surface area (Å²) in [6.45, 7) is 3.64. The Hall–Kier alpha value is -3.52. The van der Waals surface area contributed by atoms with Crippen LogP contribution in [0.4, 0.5) is 18.9 Å². The number of carbonyl (C=O) groups excluding carboxylic acids is 2. The summed E-state index contributed by atoms with van der Waals surface area (Å²) in [5, 5.41) is 24.9. The molecule has 14 heteroatoms. The van der Waals surface area contributed by atoms with E-state index in [0.29, 0.717) is 11.3 Å². The first-order valence-electron chi connectivity index (χ1n) is 9.78. The van der Waals surface area contributed by atoms with E-state index in [1.807, 2.05) is 29.6 Å². The molecule has 3 heterocycles. The molecule has 186 valence electrons. The van der Waals surface area contributed by atoms with Gasteiger partial charge in [0.15, 0.2) is 0 Å². The second-order valence-corrected chi connectivity index (χ2v) is 9.16. The first-order chi connectivity index (χ1) is 16.5. The molecular formula is C21H18F3N3O6S2. The first kappa shape index (κ1) is 26.1. The number of fused-ring (bicyclic) bond motifs is 2. The van der Waals surface area contributed by atoms with Crippen molar-refractivity contribution < 1.29 is 42.6 Å². The van der Waals surface area contributed by atoms with Crippen LogP contribution in [0.25, 0.3) is 10.1 Å². The maximum Gasteiger partial charge on any atom is 0.490 e. The number of rotatable bonds is 6. The third kappa shape index (κ3) is 5.59. The van der Waals surface area contributed by atoms with E-state index in [2.05, 4.69) is 17.2 Å². The lowest BCUT2D eigenvalue weighted by atomic mass is 10.0. The second-order valence-electron chi connectivity index (χ2n) is 7.14. The molecule has 1 aromatic heterocycles. The van der Waals surface area contributed by atoms with Crippen molar-refractivity contribution in [3.63, 3.8) is 0 Å². The van der Waals surface area contributed by atoms with E-state index in [1.165, 1.54) is 22.7 Å². The Labute approximate surface area is 204 Å². The van der Waals surface area contributed by atoms with Gasteiger partial charge in [0.1, 0.15) is 17.1 Å². The van der Waals surface area contributed by atoms with Crippen LogP contribution in [0.5, 0.6) is 0 Å². The molecule has 2 atom stereocenters. The molecule has 0 saturated carbocycles. The molecule has 2 aliphatic heterocycles. The molecule has 1 saturated heterocycles. The lowest BCUT2D eigenvalue weighted by molar-refractivity contribution is -0.192. The highest BCUT2D eigenvalue weighted by Gasteiger charge is 2.53. The summed E-state index contributed by atoms with van der Waals surface area (Å²) in [6, 6.07) is 7.17. The number of hydrogen-bond donors (Lipinski definition) is 4. The third-order valence-corrected chi connectivity index (χ3v) is 7.19. The number of carboxylic acids is 2. The smallest absolute Gasteiger partial charge is 0.477 e. The zero-order valence-corrected chi connectivity index (χ0v) is 19.3. The minimum atomic E-state index is -5.08. The Kier molecular flexibility index (Phi) is 7.75. The van der Waals surface area contributed by atoms with Crippen LogP contribution in [0.15, 0.2) is 53.6 Å². The molecule has 0 spiro atoms. The summed E-state index contributed by atoms with van der Waals surface area (Å²) < 4.78 is 32.9. The molecular weight excluding hydrogens is 511 g/mol. The zero-order chi connectivity index (χ0) is 25.9. The highest BCUT2D eigenvalue weighted by atomic mass is 32.2. The molecule has 4 N–H and O–H groups in total. The van der Waals surface area contributed by atoms with Crippen molar-refractivity contribution in [3.8, 4) is 0 Å². The summed E-state index contributed by atoms with van der Waals surface area (Å²) >= 11 is 3.01. The van der Waals surface area contributed by atoms with Gasteiger partial charge in [-0.05, 0) is 11.6 Å². The van der Waals surface area contributed by atoms with E-state index in [-0.39, 0.29) is 18.1 Å². The monoisotopic (exact) mass is 529 g/mol. The van der Waals surface area contributed by atoms with Gasteiger partial charge >= 0.3 is 18.1 Å². The molecule has 9 nitrogen and oxygen atoms in total. The van der Waals surface area contributed by atoms with E-state index >= 15 is 0 Å². The van der Waals surface area contributed by atoms with Crippen molar-refractivity contribution in [1.82, 2.24) is 10.2 Å². The molecule has 1 unspecified atom stereocenters. The fourth-order valence-electron chi connectivity index (χ4n) is 3.31. The van der Waals surface area contributed by atoms with Crippen LogP contribution in [0.3, 0.4) is 0 Å². The lowest BCUT2D eigenvalue weighted by Gasteiger charge is -2.49. The fraction of sp³-hybridized carbons (Fsp3) is 0.238. The number of aliphatic carboxylic acids is 2. The lowest BCUT2D eigenvalue weighted by Crippen LogP contribution is -2.70. The van der Waals surface area contributed by atoms with Gasteiger partial charge in [-0.1, -0.05) is 30.9 Å². The maximum absolute atomic E-state index is 12.5. The number of benzene rings is 1. The van der Waals surface area contributed by atoms with E-state index < -0.39 is 35.4 Å². The van der Waals surface area contributed by atoms with Crippen molar-refractivity contribution in [3.05, 3.63) is 53.6 Å². The van der Waals surface area contributed by atoms with Crippen molar-refractivity contribution in [1.29, 1.82) is 0 Å². The minimum Gasteiger partial charge on any atom is -0.477 e. The number of carboxylic acid groups (broad SMARTS) is 2. The van der Waals surface area contributed by atoms with Gasteiger partial charge in [-0.3, -0.25) is 14.5 Å². The zero-order valence-electron chi connectivity index (χ0n) is 17.7. The SMILES string of the molecule is C=CC1=C(C(=O)O)N2C(=O)C(NC(=O)CNc3csc4ccccc34)[C@@H]2SC1.O=C(O)C(F)(F)F. The molecule has 0 aliphatic carbocycles. The van der Waals surface area contributed by atoms with Gasteiger partial charge in [0, 0.05) is 21.2 Å². The van der Waals surface area contributed by atoms with Crippen LogP contribution in [-0.4, -0.2) is 68.8 Å².